The van der Waals surface area contributed by atoms with Crippen molar-refractivity contribution in [1.29, 1.82) is 0 Å². The highest BCUT2D eigenvalue weighted by molar-refractivity contribution is 5.43. The second kappa shape index (κ2) is 7.07. The molecule has 1 aromatic rings. The third-order valence-corrected chi connectivity index (χ3v) is 4.59. The van der Waals surface area contributed by atoms with Crippen LogP contribution in [-0.4, -0.2) is 25.1 Å². The van der Waals surface area contributed by atoms with Crippen LogP contribution in [0.4, 0.5) is 5.82 Å². The minimum Gasteiger partial charge on any atom is -0.356 e. The monoisotopic (exact) mass is 275 g/mol. The Morgan fingerprint density at radius 3 is 2.70 bits per heavy atom. The average Bonchev–Trinajstić information content (AvgIpc) is 2.47. The van der Waals surface area contributed by atoms with Gasteiger partial charge in [-0.15, -0.1) is 0 Å². The van der Waals surface area contributed by atoms with E-state index in [4.69, 9.17) is 4.98 Å². The molecule has 0 bridgehead atoms. The fourth-order valence-electron chi connectivity index (χ4n) is 3.34. The molecule has 1 fully saturated rings. The van der Waals surface area contributed by atoms with E-state index in [1.54, 1.807) is 0 Å². The zero-order valence-electron chi connectivity index (χ0n) is 13.4. The average molecular weight is 275 g/mol. The molecule has 2 rings (SSSR count). The maximum Gasteiger partial charge on any atom is 0.129 e. The van der Waals surface area contributed by atoms with Crippen LogP contribution < -0.4 is 10.2 Å². The summed E-state index contributed by atoms with van der Waals surface area (Å²) in [5.41, 5.74) is 2.53. The molecule has 3 heteroatoms. The molecule has 1 aliphatic rings. The van der Waals surface area contributed by atoms with Crippen molar-refractivity contribution >= 4 is 5.82 Å². The van der Waals surface area contributed by atoms with Crippen LogP contribution in [0.25, 0.3) is 0 Å². The molecule has 1 heterocycles. The maximum atomic E-state index is 4.84. The lowest BCUT2D eigenvalue weighted by molar-refractivity contribution is 0.320. The van der Waals surface area contributed by atoms with Crippen LogP contribution in [0.5, 0.6) is 0 Å². The van der Waals surface area contributed by atoms with E-state index in [2.05, 4.69) is 43.2 Å². The molecule has 1 aliphatic carbocycles. The summed E-state index contributed by atoms with van der Waals surface area (Å²) in [5, 5.41) is 3.24. The largest absolute Gasteiger partial charge is 0.356 e. The first-order valence-electron chi connectivity index (χ1n) is 8.03. The SMILES string of the molecule is CCc1cc(CNC)cc(N(C)C2CCCCC2C)n1. The molecule has 0 spiro atoms. The van der Waals surface area contributed by atoms with Gasteiger partial charge < -0.3 is 10.2 Å². The second-order valence-corrected chi connectivity index (χ2v) is 6.15. The van der Waals surface area contributed by atoms with Crippen LogP contribution in [-0.2, 0) is 13.0 Å². The highest BCUT2D eigenvalue weighted by Gasteiger charge is 2.26. The molecule has 2 atom stereocenters. The first kappa shape index (κ1) is 15.3. The Balaban J connectivity index is 2.23. The topological polar surface area (TPSA) is 28.2 Å². The van der Waals surface area contributed by atoms with E-state index in [0.29, 0.717) is 6.04 Å². The normalized spacial score (nSPS) is 22.8. The quantitative estimate of drug-likeness (QED) is 0.893. The molecule has 0 amide bonds. The Hall–Kier alpha value is -1.09. The van der Waals surface area contributed by atoms with Crippen molar-refractivity contribution in [2.75, 3.05) is 19.0 Å². The minimum atomic E-state index is 0.644. The van der Waals surface area contributed by atoms with Crippen LogP contribution in [0.15, 0.2) is 12.1 Å². The summed E-state index contributed by atoms with van der Waals surface area (Å²) in [4.78, 5) is 7.26. The molecule has 1 N–H and O–H groups in total. The summed E-state index contributed by atoms with van der Waals surface area (Å²) < 4.78 is 0. The van der Waals surface area contributed by atoms with Gasteiger partial charge in [0, 0.05) is 25.3 Å². The lowest BCUT2D eigenvalue weighted by atomic mass is 9.85. The third kappa shape index (κ3) is 3.51. The van der Waals surface area contributed by atoms with Crippen LogP contribution in [0, 0.1) is 5.92 Å². The van der Waals surface area contributed by atoms with Crippen molar-refractivity contribution in [2.24, 2.45) is 5.92 Å². The van der Waals surface area contributed by atoms with Crippen molar-refractivity contribution < 1.29 is 0 Å². The number of hydrogen-bond acceptors (Lipinski definition) is 3. The van der Waals surface area contributed by atoms with E-state index < -0.39 is 0 Å². The van der Waals surface area contributed by atoms with Crippen LogP contribution >= 0.6 is 0 Å². The Kier molecular flexibility index (Phi) is 5.41. The summed E-state index contributed by atoms with van der Waals surface area (Å²) in [6.45, 7) is 5.48. The van der Waals surface area contributed by atoms with Gasteiger partial charge in [-0.05, 0) is 49.9 Å². The van der Waals surface area contributed by atoms with E-state index in [0.717, 1.165) is 24.7 Å². The molecule has 2 unspecified atom stereocenters. The minimum absolute atomic E-state index is 0.644. The number of rotatable bonds is 5. The van der Waals surface area contributed by atoms with Crippen molar-refractivity contribution in [3.8, 4) is 0 Å². The van der Waals surface area contributed by atoms with Gasteiger partial charge in [-0.25, -0.2) is 4.98 Å². The zero-order valence-corrected chi connectivity index (χ0v) is 13.4. The van der Waals surface area contributed by atoms with Gasteiger partial charge >= 0.3 is 0 Å². The molecular formula is C17H29N3. The molecule has 0 aromatic carbocycles. The lowest BCUT2D eigenvalue weighted by Crippen LogP contribution is -2.39. The van der Waals surface area contributed by atoms with Crippen LogP contribution in [0.3, 0.4) is 0 Å². The highest BCUT2D eigenvalue weighted by atomic mass is 15.2. The molecule has 20 heavy (non-hydrogen) atoms. The summed E-state index contributed by atoms with van der Waals surface area (Å²) in [6.07, 6.45) is 6.40. The van der Waals surface area contributed by atoms with Gasteiger partial charge in [0.15, 0.2) is 0 Å². The van der Waals surface area contributed by atoms with Gasteiger partial charge in [-0.1, -0.05) is 26.7 Å². The van der Waals surface area contributed by atoms with Crippen LogP contribution in [0.1, 0.15) is 50.8 Å². The van der Waals surface area contributed by atoms with Gasteiger partial charge in [0.25, 0.3) is 0 Å². The maximum absolute atomic E-state index is 4.84. The summed E-state index contributed by atoms with van der Waals surface area (Å²) >= 11 is 0. The Morgan fingerprint density at radius 2 is 2.05 bits per heavy atom. The molecule has 1 aromatic heterocycles. The number of anilines is 1. The number of nitrogens with zero attached hydrogens (tertiary/aromatic N) is 2. The van der Waals surface area contributed by atoms with Gasteiger partial charge in [-0.2, -0.15) is 0 Å². The van der Waals surface area contributed by atoms with Crippen molar-refractivity contribution in [2.45, 2.75) is 58.5 Å². The predicted molar refractivity (Wildman–Crippen MR) is 86.2 cm³/mol. The van der Waals surface area contributed by atoms with E-state index in [-0.39, 0.29) is 0 Å². The summed E-state index contributed by atoms with van der Waals surface area (Å²) in [7, 11) is 4.22. The highest BCUT2D eigenvalue weighted by Crippen LogP contribution is 2.30. The van der Waals surface area contributed by atoms with Crippen molar-refractivity contribution in [3.05, 3.63) is 23.4 Å². The van der Waals surface area contributed by atoms with Gasteiger partial charge in [0.1, 0.15) is 5.82 Å². The fraction of sp³-hybridized carbons (Fsp3) is 0.706. The molecule has 0 radical (unpaired) electrons. The number of nitrogens with one attached hydrogen (secondary N) is 1. The predicted octanol–water partition coefficient (Wildman–Crippen LogP) is 3.38. The smallest absolute Gasteiger partial charge is 0.129 e. The zero-order chi connectivity index (χ0) is 14.5. The first-order valence-corrected chi connectivity index (χ1v) is 8.03. The van der Waals surface area contributed by atoms with Crippen molar-refractivity contribution in [3.63, 3.8) is 0 Å². The molecule has 112 valence electrons. The molecule has 3 nitrogen and oxygen atoms in total. The van der Waals surface area contributed by atoms with Crippen molar-refractivity contribution in [1.82, 2.24) is 10.3 Å². The molecule has 0 saturated heterocycles. The molecular weight excluding hydrogens is 246 g/mol. The number of pyridine rings is 1. The Morgan fingerprint density at radius 1 is 1.30 bits per heavy atom. The van der Waals surface area contributed by atoms with Gasteiger partial charge in [0.2, 0.25) is 0 Å². The van der Waals surface area contributed by atoms with E-state index >= 15 is 0 Å². The third-order valence-electron chi connectivity index (χ3n) is 4.59. The molecule has 0 aliphatic heterocycles. The lowest BCUT2D eigenvalue weighted by Gasteiger charge is -2.37. The summed E-state index contributed by atoms with van der Waals surface area (Å²) in [5.74, 6) is 1.92. The van der Waals surface area contributed by atoms with Gasteiger partial charge in [-0.3, -0.25) is 0 Å². The number of aryl methyl sites for hydroxylation is 1. The first-order chi connectivity index (χ1) is 9.65. The fourth-order valence-corrected chi connectivity index (χ4v) is 3.34. The molecule has 1 saturated carbocycles. The second-order valence-electron chi connectivity index (χ2n) is 6.15. The summed E-state index contributed by atoms with van der Waals surface area (Å²) in [6, 6.07) is 5.11. The number of aromatic nitrogens is 1. The van der Waals surface area contributed by atoms with E-state index in [1.807, 2.05) is 7.05 Å². The number of hydrogen-bond donors (Lipinski definition) is 1. The Labute approximate surface area is 123 Å². The Bertz CT molecular complexity index is 430. The van der Waals surface area contributed by atoms with Gasteiger partial charge in [0.05, 0.1) is 0 Å². The standard InChI is InChI=1S/C17H29N3/c1-5-15-10-14(12-18-3)11-17(19-15)20(4)16-9-7-6-8-13(16)2/h10-11,13,16,18H,5-9,12H2,1-4H3. The van der Waals surface area contributed by atoms with Crippen LogP contribution in [0.2, 0.25) is 0 Å². The van der Waals surface area contributed by atoms with E-state index in [1.165, 1.54) is 36.9 Å². The van der Waals surface area contributed by atoms with E-state index in [9.17, 15) is 0 Å².